The van der Waals surface area contributed by atoms with Gasteiger partial charge in [-0.1, -0.05) is 144 Å². The van der Waals surface area contributed by atoms with Crippen LogP contribution in [0.1, 0.15) is 155 Å². The second-order valence-electron chi connectivity index (χ2n) is 15.7. The van der Waals surface area contributed by atoms with Crippen LogP contribution in [0.3, 0.4) is 0 Å². The molecule has 9 nitrogen and oxygen atoms in total. The number of unbranched alkanes of at least 4 members (excludes halogenated alkanes) is 11. The maximum Gasteiger partial charge on any atom is 0.306 e. The highest BCUT2D eigenvalue weighted by Gasteiger charge is 2.21. The van der Waals surface area contributed by atoms with E-state index < -0.39 is 32.5 Å². The summed E-state index contributed by atoms with van der Waals surface area (Å²) in [4.78, 5) is 37.5. The Hall–Kier alpha value is -2.81. The largest absolute Gasteiger partial charge is 0.756 e. The van der Waals surface area contributed by atoms with Gasteiger partial charge < -0.3 is 27.9 Å². The van der Waals surface area contributed by atoms with E-state index in [1.807, 2.05) is 27.2 Å². The molecule has 0 aliphatic rings. The summed E-state index contributed by atoms with van der Waals surface area (Å²) in [6.45, 7) is 3.99. The smallest absolute Gasteiger partial charge is 0.306 e. The van der Waals surface area contributed by atoms with Gasteiger partial charge in [0, 0.05) is 12.8 Å². The SMILES string of the molecule is CC/C=C\C/C=C\C/C=C\C/C=C\C/C=C\CCCC(=O)OC(COC(=O)CCCCCCCCC/C=C\C/C=C\CCCCC)COP(=O)([O-])OCC[N+](C)(C)C. The Kier molecular flexibility index (Phi) is 37.7. The lowest BCUT2D eigenvalue weighted by atomic mass is 10.1. The van der Waals surface area contributed by atoms with Crippen molar-refractivity contribution in [1.29, 1.82) is 0 Å². The van der Waals surface area contributed by atoms with Crippen LogP contribution in [0.15, 0.2) is 85.1 Å². The molecule has 0 aliphatic heterocycles. The van der Waals surface area contributed by atoms with Gasteiger partial charge in [0.25, 0.3) is 7.82 Å². The zero-order valence-electron chi connectivity index (χ0n) is 37.2. The first-order valence-electron chi connectivity index (χ1n) is 22.3. The van der Waals surface area contributed by atoms with Crippen molar-refractivity contribution in [3.8, 4) is 0 Å². The summed E-state index contributed by atoms with van der Waals surface area (Å²) in [5, 5.41) is 0. The molecule has 58 heavy (non-hydrogen) atoms. The summed E-state index contributed by atoms with van der Waals surface area (Å²) in [5.41, 5.74) is 0. The van der Waals surface area contributed by atoms with Crippen molar-refractivity contribution >= 4 is 19.8 Å². The van der Waals surface area contributed by atoms with Crippen molar-refractivity contribution in [3.05, 3.63) is 85.1 Å². The molecular weight excluding hydrogens is 750 g/mol. The highest BCUT2D eigenvalue weighted by Crippen LogP contribution is 2.38. The molecular formula is C48H82NO8P. The topological polar surface area (TPSA) is 111 Å². The number of allylic oxidation sites excluding steroid dienone is 14. The maximum atomic E-state index is 12.7. The van der Waals surface area contributed by atoms with Gasteiger partial charge in [-0.15, -0.1) is 0 Å². The minimum absolute atomic E-state index is 0.0474. The van der Waals surface area contributed by atoms with Gasteiger partial charge in [-0.3, -0.25) is 14.2 Å². The number of hydrogen-bond acceptors (Lipinski definition) is 8. The Morgan fingerprint density at radius 3 is 1.52 bits per heavy atom. The maximum absolute atomic E-state index is 12.7. The Labute approximate surface area is 354 Å². The quantitative estimate of drug-likeness (QED) is 0.0198. The second kappa shape index (κ2) is 39.6. The van der Waals surface area contributed by atoms with Crippen molar-refractivity contribution in [3.63, 3.8) is 0 Å². The molecule has 0 heterocycles. The van der Waals surface area contributed by atoms with Crippen molar-refractivity contribution in [2.45, 2.75) is 161 Å². The summed E-state index contributed by atoms with van der Waals surface area (Å²) in [7, 11) is 1.11. The van der Waals surface area contributed by atoms with Crippen molar-refractivity contribution in [2.24, 2.45) is 0 Å². The van der Waals surface area contributed by atoms with Crippen molar-refractivity contribution in [2.75, 3.05) is 47.5 Å². The number of phosphoric acid groups is 1. The van der Waals surface area contributed by atoms with Gasteiger partial charge >= 0.3 is 11.9 Å². The number of carbonyl (C=O) groups is 2. The van der Waals surface area contributed by atoms with E-state index in [9.17, 15) is 19.0 Å². The molecule has 0 aliphatic carbocycles. The van der Waals surface area contributed by atoms with Gasteiger partial charge in [-0.2, -0.15) is 0 Å². The van der Waals surface area contributed by atoms with Crippen LogP contribution in [0.25, 0.3) is 0 Å². The molecule has 2 atom stereocenters. The summed E-state index contributed by atoms with van der Waals surface area (Å²) in [6, 6.07) is 0. The summed E-state index contributed by atoms with van der Waals surface area (Å²) >= 11 is 0. The van der Waals surface area contributed by atoms with Crippen molar-refractivity contribution < 1.29 is 42.1 Å². The first-order chi connectivity index (χ1) is 28.0. The third-order valence-electron chi connectivity index (χ3n) is 8.90. The predicted molar refractivity (Wildman–Crippen MR) is 240 cm³/mol. The summed E-state index contributed by atoms with van der Waals surface area (Å²) in [5.74, 6) is -0.920. The molecule has 10 heteroatoms. The minimum atomic E-state index is -4.65. The van der Waals surface area contributed by atoms with Gasteiger partial charge in [0.05, 0.1) is 27.7 Å². The fraction of sp³-hybridized carbons (Fsp3) is 0.667. The number of quaternary nitrogens is 1. The first kappa shape index (κ1) is 55.2. The number of ether oxygens (including phenoxy) is 2. The van der Waals surface area contributed by atoms with E-state index in [0.29, 0.717) is 30.3 Å². The lowest BCUT2D eigenvalue weighted by Crippen LogP contribution is -2.37. The van der Waals surface area contributed by atoms with Crippen LogP contribution >= 0.6 is 7.82 Å². The highest BCUT2D eigenvalue weighted by molar-refractivity contribution is 7.45. The molecule has 0 fully saturated rings. The molecule has 0 rings (SSSR count). The van der Waals surface area contributed by atoms with Crippen LogP contribution in [0.2, 0.25) is 0 Å². The van der Waals surface area contributed by atoms with Crippen LogP contribution in [-0.4, -0.2) is 70.0 Å². The van der Waals surface area contributed by atoms with Crippen LogP contribution in [-0.2, 0) is 32.7 Å². The number of likely N-dealkylation sites (N-methyl/N-ethyl adjacent to an activating group) is 1. The molecule has 0 spiro atoms. The average molecular weight is 832 g/mol. The number of rotatable bonds is 39. The molecule has 0 bridgehead atoms. The molecule has 0 saturated carbocycles. The zero-order valence-corrected chi connectivity index (χ0v) is 38.1. The normalized spacial score (nSPS) is 14.4. The van der Waals surface area contributed by atoms with Crippen LogP contribution in [0.5, 0.6) is 0 Å². The van der Waals surface area contributed by atoms with E-state index in [1.165, 1.54) is 44.9 Å². The minimum Gasteiger partial charge on any atom is -0.756 e. The standard InChI is InChI=1S/C48H82NO8P/c1-6-8-10-12-14-16-18-20-22-24-26-28-30-32-34-36-38-40-47(50)54-44-46(45-56-58(52,53)55-43-42-49(3,4)5)57-48(51)41-39-37-35-33-31-29-27-25-23-21-19-17-15-13-11-9-7-2/h9,11,14-17,20-23,27,29,33,35,46H,6-8,10,12-13,18-19,24-26,28,30-32,34,36-45H2,1-5H3/b11-9-,16-14-,17-15-,22-20-,23-21-,29-27-,35-33-. The van der Waals surface area contributed by atoms with E-state index in [2.05, 4.69) is 92.8 Å². The average Bonchev–Trinajstić information content (AvgIpc) is 3.17. The Morgan fingerprint density at radius 2 is 1.00 bits per heavy atom. The van der Waals surface area contributed by atoms with Gasteiger partial charge in [0.15, 0.2) is 6.10 Å². The van der Waals surface area contributed by atoms with E-state index >= 15 is 0 Å². The predicted octanol–water partition coefficient (Wildman–Crippen LogP) is 12.2. The Morgan fingerprint density at radius 1 is 0.552 bits per heavy atom. The Balaban J connectivity index is 4.48. The number of hydrogen-bond donors (Lipinski definition) is 0. The van der Waals surface area contributed by atoms with Crippen LogP contribution < -0.4 is 4.89 Å². The molecule has 0 amide bonds. The van der Waals surface area contributed by atoms with E-state index in [4.69, 9.17) is 18.5 Å². The van der Waals surface area contributed by atoms with Gasteiger partial charge in [-0.05, 0) is 83.5 Å². The zero-order chi connectivity index (χ0) is 42.8. The number of esters is 2. The molecule has 0 aromatic heterocycles. The molecule has 2 unspecified atom stereocenters. The van der Waals surface area contributed by atoms with Gasteiger partial charge in [0.2, 0.25) is 0 Å². The third-order valence-corrected chi connectivity index (χ3v) is 9.86. The number of phosphoric ester groups is 1. The summed E-state index contributed by atoms with van der Waals surface area (Å²) in [6.07, 6.45) is 50.4. The first-order valence-corrected chi connectivity index (χ1v) is 23.8. The van der Waals surface area contributed by atoms with Crippen molar-refractivity contribution in [1.82, 2.24) is 0 Å². The lowest BCUT2D eigenvalue weighted by molar-refractivity contribution is -0.870. The van der Waals surface area contributed by atoms with Crippen LogP contribution in [0, 0.1) is 0 Å². The molecule has 0 N–H and O–H groups in total. The van der Waals surface area contributed by atoms with E-state index in [1.54, 1.807) is 0 Å². The molecule has 0 aromatic carbocycles. The molecule has 0 aromatic rings. The fourth-order valence-corrected chi connectivity index (χ4v) is 6.15. The number of nitrogens with zero attached hydrogens (tertiary/aromatic N) is 1. The number of carbonyl (C=O) groups excluding carboxylic acids is 2. The monoisotopic (exact) mass is 832 g/mol. The Bertz CT molecular complexity index is 1260. The second-order valence-corrected chi connectivity index (χ2v) is 17.1. The van der Waals surface area contributed by atoms with Gasteiger partial charge in [0.1, 0.15) is 19.8 Å². The highest BCUT2D eigenvalue weighted by atomic mass is 31.2. The molecule has 0 radical (unpaired) electrons. The fourth-order valence-electron chi connectivity index (χ4n) is 5.42. The lowest BCUT2D eigenvalue weighted by Gasteiger charge is -2.28. The summed E-state index contributed by atoms with van der Waals surface area (Å²) < 4.78 is 33.8. The third kappa shape index (κ3) is 42.8. The van der Waals surface area contributed by atoms with E-state index in [0.717, 1.165) is 64.2 Å². The van der Waals surface area contributed by atoms with Crippen LogP contribution in [0.4, 0.5) is 0 Å². The van der Waals surface area contributed by atoms with E-state index in [-0.39, 0.29) is 26.1 Å². The van der Waals surface area contributed by atoms with Gasteiger partial charge in [-0.25, -0.2) is 0 Å². The molecule has 332 valence electrons. The molecule has 0 saturated heterocycles.